The zero-order valence-electron chi connectivity index (χ0n) is 12.6. The second kappa shape index (κ2) is 5.40. The second-order valence-corrected chi connectivity index (χ2v) is 5.81. The standard InChI is InChI=1S/C21H16O2/c1-14-19(18-13-7-11-15-8-5-6-12-17(15)18)20(23-21(14)22)16-9-3-2-4-10-16/h2-13,19-20H,1H2. The van der Waals surface area contributed by atoms with Crippen LogP contribution < -0.4 is 0 Å². The molecule has 2 atom stereocenters. The minimum Gasteiger partial charge on any atom is -0.453 e. The molecule has 23 heavy (non-hydrogen) atoms. The molecule has 2 heteroatoms. The van der Waals surface area contributed by atoms with Crippen molar-refractivity contribution in [3.8, 4) is 0 Å². The Morgan fingerprint density at radius 2 is 1.52 bits per heavy atom. The van der Waals surface area contributed by atoms with Crippen LogP contribution in [0.15, 0.2) is 84.9 Å². The van der Waals surface area contributed by atoms with E-state index in [1.165, 1.54) is 0 Å². The lowest BCUT2D eigenvalue weighted by Crippen LogP contribution is -2.07. The normalized spacial score (nSPS) is 20.7. The molecule has 1 saturated heterocycles. The van der Waals surface area contributed by atoms with Crippen molar-refractivity contribution >= 4 is 16.7 Å². The molecule has 112 valence electrons. The number of cyclic esters (lactones) is 1. The quantitative estimate of drug-likeness (QED) is 0.503. The topological polar surface area (TPSA) is 26.3 Å². The molecular formula is C21H16O2. The second-order valence-electron chi connectivity index (χ2n) is 5.81. The Kier molecular flexibility index (Phi) is 3.23. The molecule has 0 amide bonds. The van der Waals surface area contributed by atoms with Crippen LogP contribution in [0.5, 0.6) is 0 Å². The molecule has 0 saturated carbocycles. The molecule has 0 bridgehead atoms. The van der Waals surface area contributed by atoms with Crippen molar-refractivity contribution in [1.82, 2.24) is 0 Å². The van der Waals surface area contributed by atoms with Gasteiger partial charge in [0.05, 0.1) is 5.92 Å². The van der Waals surface area contributed by atoms with Crippen LogP contribution in [0.2, 0.25) is 0 Å². The Morgan fingerprint density at radius 3 is 2.35 bits per heavy atom. The monoisotopic (exact) mass is 300 g/mol. The van der Waals surface area contributed by atoms with E-state index in [1.807, 2.05) is 48.5 Å². The fourth-order valence-corrected chi connectivity index (χ4v) is 3.34. The van der Waals surface area contributed by atoms with Crippen LogP contribution in [0.3, 0.4) is 0 Å². The number of carbonyl (C=O) groups is 1. The summed E-state index contributed by atoms with van der Waals surface area (Å²) in [6, 6.07) is 24.2. The first-order valence-electron chi connectivity index (χ1n) is 7.68. The highest BCUT2D eigenvalue weighted by Crippen LogP contribution is 2.46. The first kappa shape index (κ1) is 13.8. The van der Waals surface area contributed by atoms with Crippen molar-refractivity contribution in [2.75, 3.05) is 0 Å². The van der Waals surface area contributed by atoms with E-state index in [0.717, 1.165) is 21.9 Å². The third-order valence-electron chi connectivity index (χ3n) is 4.46. The van der Waals surface area contributed by atoms with E-state index in [4.69, 9.17) is 4.74 Å². The third kappa shape index (κ3) is 2.23. The van der Waals surface area contributed by atoms with Gasteiger partial charge in [0.1, 0.15) is 6.10 Å². The van der Waals surface area contributed by atoms with Crippen LogP contribution in [-0.2, 0) is 9.53 Å². The van der Waals surface area contributed by atoms with Gasteiger partial charge in [0.15, 0.2) is 0 Å². The number of benzene rings is 3. The van der Waals surface area contributed by atoms with Gasteiger partial charge in [-0.05, 0) is 21.9 Å². The highest BCUT2D eigenvalue weighted by molar-refractivity contribution is 5.95. The lowest BCUT2D eigenvalue weighted by Gasteiger charge is -2.20. The van der Waals surface area contributed by atoms with E-state index in [-0.39, 0.29) is 18.0 Å². The first-order valence-corrected chi connectivity index (χ1v) is 7.68. The van der Waals surface area contributed by atoms with Gasteiger partial charge in [-0.3, -0.25) is 0 Å². The van der Waals surface area contributed by atoms with E-state index in [9.17, 15) is 4.79 Å². The van der Waals surface area contributed by atoms with E-state index in [2.05, 4.69) is 30.8 Å². The van der Waals surface area contributed by atoms with Crippen molar-refractivity contribution in [1.29, 1.82) is 0 Å². The predicted molar refractivity (Wildman–Crippen MR) is 91.1 cm³/mol. The maximum Gasteiger partial charge on any atom is 0.334 e. The maximum absolute atomic E-state index is 12.2. The number of hydrogen-bond acceptors (Lipinski definition) is 2. The fraction of sp³-hybridized carbons (Fsp3) is 0.0952. The molecule has 3 aromatic carbocycles. The van der Waals surface area contributed by atoms with Gasteiger partial charge in [-0.1, -0.05) is 79.4 Å². The summed E-state index contributed by atoms with van der Waals surface area (Å²) < 4.78 is 5.64. The van der Waals surface area contributed by atoms with Crippen LogP contribution in [0.1, 0.15) is 23.1 Å². The van der Waals surface area contributed by atoms with Crippen molar-refractivity contribution < 1.29 is 9.53 Å². The summed E-state index contributed by atoms with van der Waals surface area (Å²) in [7, 11) is 0. The number of esters is 1. The Hall–Kier alpha value is -2.87. The summed E-state index contributed by atoms with van der Waals surface area (Å²) in [5.74, 6) is -0.465. The van der Waals surface area contributed by atoms with Crippen molar-refractivity contribution in [3.63, 3.8) is 0 Å². The van der Waals surface area contributed by atoms with Gasteiger partial charge in [-0.2, -0.15) is 0 Å². The van der Waals surface area contributed by atoms with Crippen LogP contribution in [0, 0.1) is 0 Å². The SMILES string of the molecule is C=C1C(=O)OC(c2ccccc2)C1c1cccc2ccccc12. The van der Waals surface area contributed by atoms with Crippen LogP contribution in [0.4, 0.5) is 0 Å². The number of ether oxygens (including phenoxy) is 1. The van der Waals surface area contributed by atoms with Crippen molar-refractivity contribution in [2.24, 2.45) is 0 Å². The molecule has 1 aliphatic rings. The van der Waals surface area contributed by atoms with E-state index in [0.29, 0.717) is 5.57 Å². The van der Waals surface area contributed by atoms with Crippen LogP contribution in [-0.4, -0.2) is 5.97 Å². The van der Waals surface area contributed by atoms with Gasteiger partial charge in [0.2, 0.25) is 0 Å². The van der Waals surface area contributed by atoms with Crippen molar-refractivity contribution in [2.45, 2.75) is 12.0 Å². The molecule has 2 nitrogen and oxygen atoms in total. The molecule has 0 spiro atoms. The van der Waals surface area contributed by atoms with E-state index >= 15 is 0 Å². The van der Waals surface area contributed by atoms with E-state index < -0.39 is 0 Å². The van der Waals surface area contributed by atoms with E-state index in [1.54, 1.807) is 0 Å². The van der Waals surface area contributed by atoms with Crippen molar-refractivity contribution in [3.05, 3.63) is 96.1 Å². The number of carbonyl (C=O) groups excluding carboxylic acids is 1. The fourth-order valence-electron chi connectivity index (χ4n) is 3.34. The Balaban J connectivity index is 1.90. The number of hydrogen-bond donors (Lipinski definition) is 0. The van der Waals surface area contributed by atoms with Gasteiger partial charge in [0.25, 0.3) is 0 Å². The summed E-state index contributed by atoms with van der Waals surface area (Å²) in [5.41, 5.74) is 2.61. The average molecular weight is 300 g/mol. The molecule has 0 aromatic heterocycles. The first-order chi connectivity index (χ1) is 11.3. The summed E-state index contributed by atoms with van der Waals surface area (Å²) in [5, 5.41) is 2.30. The Morgan fingerprint density at radius 1 is 0.826 bits per heavy atom. The lowest BCUT2D eigenvalue weighted by molar-refractivity contribution is -0.139. The Bertz CT molecular complexity index is 891. The zero-order valence-corrected chi connectivity index (χ0v) is 12.6. The van der Waals surface area contributed by atoms with Gasteiger partial charge < -0.3 is 4.74 Å². The molecule has 4 rings (SSSR count). The molecule has 0 N–H and O–H groups in total. The molecule has 1 aliphatic heterocycles. The predicted octanol–water partition coefficient (Wildman–Crippen LogP) is 4.78. The Labute approximate surface area is 135 Å². The summed E-state index contributed by atoms with van der Waals surface area (Å²) >= 11 is 0. The largest absolute Gasteiger partial charge is 0.453 e. The summed E-state index contributed by atoms with van der Waals surface area (Å²) in [6.07, 6.45) is -0.318. The highest BCUT2D eigenvalue weighted by Gasteiger charge is 2.41. The number of fused-ring (bicyclic) bond motifs is 1. The van der Waals surface area contributed by atoms with Gasteiger partial charge in [-0.25, -0.2) is 4.79 Å². The molecule has 3 aromatic rings. The third-order valence-corrected chi connectivity index (χ3v) is 4.46. The van der Waals surface area contributed by atoms with Gasteiger partial charge in [0, 0.05) is 5.57 Å². The highest BCUT2D eigenvalue weighted by atomic mass is 16.6. The number of rotatable bonds is 2. The molecule has 2 unspecified atom stereocenters. The smallest absolute Gasteiger partial charge is 0.334 e. The molecule has 0 radical (unpaired) electrons. The molecular weight excluding hydrogens is 284 g/mol. The summed E-state index contributed by atoms with van der Waals surface area (Å²) in [4.78, 5) is 12.2. The lowest BCUT2D eigenvalue weighted by atomic mass is 9.83. The van der Waals surface area contributed by atoms with Gasteiger partial charge >= 0.3 is 5.97 Å². The maximum atomic E-state index is 12.2. The summed E-state index contributed by atoms with van der Waals surface area (Å²) in [6.45, 7) is 4.00. The van der Waals surface area contributed by atoms with Crippen LogP contribution >= 0.6 is 0 Å². The molecule has 0 aliphatic carbocycles. The minimum atomic E-state index is -0.318. The van der Waals surface area contributed by atoms with Crippen LogP contribution in [0.25, 0.3) is 10.8 Å². The molecule has 1 fully saturated rings. The van der Waals surface area contributed by atoms with Gasteiger partial charge in [-0.15, -0.1) is 0 Å². The molecule has 1 heterocycles. The average Bonchev–Trinajstić information content (AvgIpc) is 2.90. The minimum absolute atomic E-state index is 0.156. The zero-order chi connectivity index (χ0) is 15.8.